The average molecular weight is 436 g/mol. The van der Waals surface area contributed by atoms with E-state index in [2.05, 4.69) is 4.72 Å². The maximum absolute atomic E-state index is 13.4. The first-order valence-electron chi connectivity index (χ1n) is 8.76. The lowest BCUT2D eigenvalue weighted by Crippen LogP contribution is -2.35. The molecule has 9 heteroatoms. The number of nitrogens with one attached hydrogen (secondary N) is 1. The van der Waals surface area contributed by atoms with E-state index in [0.717, 1.165) is 12.1 Å². The molecule has 0 aliphatic heterocycles. The molecule has 0 spiro atoms. The van der Waals surface area contributed by atoms with Crippen LogP contribution >= 0.6 is 11.8 Å². The third-order valence-corrected chi connectivity index (χ3v) is 6.73. The molecule has 2 atom stereocenters. The molecule has 0 saturated carbocycles. The fourth-order valence-electron chi connectivity index (χ4n) is 2.55. The quantitative estimate of drug-likeness (QED) is 0.644. The van der Waals surface area contributed by atoms with E-state index < -0.39 is 38.9 Å². The molecule has 4 nitrogen and oxygen atoms in total. The highest BCUT2D eigenvalue weighted by Crippen LogP contribution is 2.36. The van der Waals surface area contributed by atoms with Crippen molar-refractivity contribution in [3.63, 3.8) is 0 Å². The Balaban J connectivity index is 2.77. The van der Waals surface area contributed by atoms with E-state index in [1.165, 1.54) is 11.8 Å². The monoisotopic (exact) mass is 435 g/mol. The zero-order valence-corrected chi connectivity index (χ0v) is 18.2. The Morgan fingerprint density at radius 1 is 1.25 bits per heavy atom. The SMILES string of the molecule is CCSc1oc2c([C@@H](C)N[S@](=O)C(C)(C)C)cc(C(F)(F)F)cc2c(=O)c1C. The molecular formula is C19H24F3NO3S2. The maximum Gasteiger partial charge on any atom is 0.416 e. The molecule has 2 rings (SSSR count). The molecule has 156 valence electrons. The highest BCUT2D eigenvalue weighted by molar-refractivity contribution is 7.99. The smallest absolute Gasteiger partial charge is 0.416 e. The number of rotatable bonds is 5. The van der Waals surface area contributed by atoms with Gasteiger partial charge >= 0.3 is 6.18 Å². The molecule has 1 N–H and O–H groups in total. The van der Waals surface area contributed by atoms with Gasteiger partial charge in [0.15, 0.2) is 10.5 Å². The highest BCUT2D eigenvalue weighted by Gasteiger charge is 2.33. The second kappa shape index (κ2) is 8.20. The summed E-state index contributed by atoms with van der Waals surface area (Å²) in [6, 6.07) is 1.06. The van der Waals surface area contributed by atoms with Gasteiger partial charge in [0, 0.05) is 17.2 Å². The Kier molecular flexibility index (Phi) is 6.72. The van der Waals surface area contributed by atoms with E-state index in [1.807, 2.05) is 6.92 Å². The Bertz CT molecular complexity index is 962. The van der Waals surface area contributed by atoms with E-state index in [0.29, 0.717) is 10.8 Å². The van der Waals surface area contributed by atoms with Gasteiger partial charge in [-0.2, -0.15) is 13.2 Å². The summed E-state index contributed by atoms with van der Waals surface area (Å²) in [5.41, 5.74) is -0.909. The van der Waals surface area contributed by atoms with Crippen molar-refractivity contribution in [1.82, 2.24) is 4.72 Å². The van der Waals surface area contributed by atoms with Crippen LogP contribution in [0.5, 0.6) is 0 Å². The van der Waals surface area contributed by atoms with E-state index in [9.17, 15) is 22.2 Å². The van der Waals surface area contributed by atoms with Gasteiger partial charge < -0.3 is 4.42 Å². The molecule has 0 bridgehead atoms. The number of thioether (sulfide) groups is 1. The third kappa shape index (κ3) is 4.80. The zero-order chi connectivity index (χ0) is 21.4. The van der Waals surface area contributed by atoms with E-state index >= 15 is 0 Å². The van der Waals surface area contributed by atoms with E-state index in [1.54, 1.807) is 34.6 Å². The van der Waals surface area contributed by atoms with Gasteiger partial charge in [0.25, 0.3) is 0 Å². The van der Waals surface area contributed by atoms with Gasteiger partial charge in [0.05, 0.1) is 26.7 Å². The molecule has 0 aliphatic rings. The van der Waals surface area contributed by atoms with Crippen molar-refractivity contribution >= 4 is 33.7 Å². The van der Waals surface area contributed by atoms with Gasteiger partial charge in [0.1, 0.15) is 5.58 Å². The molecule has 0 unspecified atom stereocenters. The number of hydrogen-bond acceptors (Lipinski definition) is 4. The van der Waals surface area contributed by atoms with Crippen LogP contribution in [-0.4, -0.2) is 14.7 Å². The van der Waals surface area contributed by atoms with Crippen LogP contribution in [0.3, 0.4) is 0 Å². The second-order valence-electron chi connectivity index (χ2n) is 7.44. The molecule has 1 aromatic heterocycles. The van der Waals surface area contributed by atoms with Crippen LogP contribution in [0.2, 0.25) is 0 Å². The summed E-state index contributed by atoms with van der Waals surface area (Å²) in [6.07, 6.45) is -4.62. The van der Waals surface area contributed by atoms with Crippen LogP contribution < -0.4 is 10.2 Å². The van der Waals surface area contributed by atoms with Crippen LogP contribution in [0, 0.1) is 6.92 Å². The lowest BCUT2D eigenvalue weighted by atomic mass is 10.0. The van der Waals surface area contributed by atoms with Crippen molar-refractivity contribution < 1.29 is 21.8 Å². The Morgan fingerprint density at radius 3 is 2.36 bits per heavy atom. The predicted octanol–water partition coefficient (Wildman–Crippen LogP) is 5.35. The van der Waals surface area contributed by atoms with Crippen molar-refractivity contribution in [3.05, 3.63) is 39.0 Å². The maximum atomic E-state index is 13.4. The first-order chi connectivity index (χ1) is 12.8. The summed E-state index contributed by atoms with van der Waals surface area (Å²) < 4.78 is 60.8. The summed E-state index contributed by atoms with van der Waals surface area (Å²) >= 11 is 1.31. The van der Waals surface area contributed by atoms with Crippen LogP contribution in [-0.2, 0) is 17.2 Å². The largest absolute Gasteiger partial charge is 0.449 e. The third-order valence-electron chi connectivity index (χ3n) is 4.11. The standard InChI is InChI=1S/C19H24F3NO3S2/c1-7-27-17-10(2)15(24)14-9-12(19(20,21)22)8-13(16(14)26-17)11(3)23-28(25)18(4,5)6/h8-9,11,23H,7H2,1-6H3/t11-,28-/m1/s1. The fourth-order valence-corrected chi connectivity index (χ4v) is 4.07. The van der Waals surface area contributed by atoms with E-state index in [4.69, 9.17) is 4.42 Å². The van der Waals surface area contributed by atoms with Crippen LogP contribution in [0.4, 0.5) is 13.2 Å². The Hall–Kier alpha value is -1.32. The van der Waals surface area contributed by atoms with Crippen LogP contribution in [0.15, 0.2) is 26.4 Å². The lowest BCUT2D eigenvalue weighted by molar-refractivity contribution is -0.137. The first kappa shape index (κ1) is 23.0. The van der Waals surface area contributed by atoms with Gasteiger partial charge in [-0.05, 0) is 52.5 Å². The van der Waals surface area contributed by atoms with Crippen LogP contribution in [0.1, 0.15) is 57.4 Å². The lowest BCUT2D eigenvalue weighted by Gasteiger charge is -2.23. The molecule has 28 heavy (non-hydrogen) atoms. The molecule has 2 aromatic rings. The van der Waals surface area contributed by atoms with Gasteiger partial charge in [0.2, 0.25) is 0 Å². The molecule has 1 heterocycles. The topological polar surface area (TPSA) is 59.3 Å². The molecule has 0 aliphatic carbocycles. The Morgan fingerprint density at radius 2 is 1.86 bits per heavy atom. The van der Waals surface area contributed by atoms with Crippen molar-refractivity contribution in [3.8, 4) is 0 Å². The number of hydrogen-bond donors (Lipinski definition) is 1. The molecular weight excluding hydrogens is 411 g/mol. The normalized spacial score (nSPS) is 15.0. The fraction of sp³-hybridized carbons (Fsp3) is 0.526. The van der Waals surface area contributed by atoms with Crippen LogP contribution in [0.25, 0.3) is 11.0 Å². The number of fused-ring (bicyclic) bond motifs is 1. The summed E-state index contributed by atoms with van der Waals surface area (Å²) in [5, 5.41) is 0.253. The summed E-state index contributed by atoms with van der Waals surface area (Å²) in [4.78, 5) is 12.7. The highest BCUT2D eigenvalue weighted by atomic mass is 32.2. The minimum Gasteiger partial charge on any atom is -0.449 e. The number of alkyl halides is 3. The number of benzene rings is 1. The zero-order valence-electron chi connectivity index (χ0n) is 16.6. The van der Waals surface area contributed by atoms with E-state index in [-0.39, 0.29) is 22.1 Å². The molecule has 0 radical (unpaired) electrons. The second-order valence-corrected chi connectivity index (χ2v) is 10.7. The average Bonchev–Trinajstić information content (AvgIpc) is 2.57. The summed E-state index contributed by atoms with van der Waals surface area (Å²) in [5.74, 6) is 0.646. The summed E-state index contributed by atoms with van der Waals surface area (Å²) in [7, 11) is -1.51. The predicted molar refractivity (Wildman–Crippen MR) is 108 cm³/mol. The van der Waals surface area contributed by atoms with Crippen molar-refractivity contribution in [2.45, 2.75) is 63.6 Å². The minimum atomic E-state index is -4.62. The summed E-state index contributed by atoms with van der Waals surface area (Å²) in [6.45, 7) is 10.3. The van der Waals surface area contributed by atoms with Gasteiger partial charge in [-0.15, -0.1) is 0 Å². The minimum absolute atomic E-state index is 0.0884. The van der Waals surface area contributed by atoms with Crippen molar-refractivity contribution in [2.75, 3.05) is 5.75 Å². The molecule has 0 fully saturated rings. The molecule has 0 amide bonds. The van der Waals surface area contributed by atoms with Crippen molar-refractivity contribution in [1.29, 1.82) is 0 Å². The first-order valence-corrected chi connectivity index (χ1v) is 10.9. The Labute approximate surface area is 168 Å². The van der Waals surface area contributed by atoms with Gasteiger partial charge in [-0.25, -0.2) is 8.93 Å². The molecule has 0 saturated heterocycles. The van der Waals surface area contributed by atoms with Gasteiger partial charge in [-0.3, -0.25) is 4.79 Å². The van der Waals surface area contributed by atoms with Gasteiger partial charge in [-0.1, -0.05) is 18.7 Å². The number of halogens is 3. The van der Waals surface area contributed by atoms with Crippen molar-refractivity contribution in [2.24, 2.45) is 0 Å². The molecule has 1 aromatic carbocycles.